The molecule has 90 valence electrons. The zero-order chi connectivity index (χ0) is 12.1. The highest BCUT2D eigenvalue weighted by atomic mass is 16.5. The van der Waals surface area contributed by atoms with E-state index in [1.807, 2.05) is 12.1 Å². The zero-order valence-electron chi connectivity index (χ0n) is 10.0. The standard InChI is InChI=1S/C14H17NO2/c1-17-14(16)9-5-2-6-11-10-15-13-8-4-3-7-12(11)13/h3-4,7-8,10,15H,2,5-6,9H2,1H3. The first-order valence-corrected chi connectivity index (χ1v) is 5.93. The minimum absolute atomic E-state index is 0.121. The molecule has 3 nitrogen and oxygen atoms in total. The highest BCUT2D eigenvalue weighted by Crippen LogP contribution is 2.19. The van der Waals surface area contributed by atoms with E-state index in [4.69, 9.17) is 0 Å². The number of rotatable bonds is 5. The summed E-state index contributed by atoms with van der Waals surface area (Å²) >= 11 is 0. The molecule has 0 aliphatic carbocycles. The maximum atomic E-state index is 11.0. The normalized spacial score (nSPS) is 10.6. The van der Waals surface area contributed by atoms with Crippen molar-refractivity contribution in [2.75, 3.05) is 7.11 Å². The van der Waals surface area contributed by atoms with Gasteiger partial charge in [-0.1, -0.05) is 18.2 Å². The summed E-state index contributed by atoms with van der Waals surface area (Å²) in [5.74, 6) is -0.121. The van der Waals surface area contributed by atoms with Crippen LogP contribution in [0.4, 0.5) is 0 Å². The van der Waals surface area contributed by atoms with Gasteiger partial charge < -0.3 is 9.72 Å². The summed E-state index contributed by atoms with van der Waals surface area (Å²) in [6.45, 7) is 0. The Labute approximate surface area is 101 Å². The van der Waals surface area contributed by atoms with Crippen LogP contribution in [0.3, 0.4) is 0 Å². The number of carbonyl (C=O) groups is 1. The van der Waals surface area contributed by atoms with Gasteiger partial charge in [0.25, 0.3) is 0 Å². The Morgan fingerprint density at radius 3 is 2.94 bits per heavy atom. The van der Waals surface area contributed by atoms with Crippen molar-refractivity contribution in [3.05, 3.63) is 36.0 Å². The molecular formula is C14H17NO2. The number of aromatic amines is 1. The molecule has 17 heavy (non-hydrogen) atoms. The lowest BCUT2D eigenvalue weighted by atomic mass is 10.1. The minimum atomic E-state index is -0.121. The Hall–Kier alpha value is -1.77. The fourth-order valence-corrected chi connectivity index (χ4v) is 2.03. The predicted molar refractivity (Wildman–Crippen MR) is 67.9 cm³/mol. The van der Waals surface area contributed by atoms with Gasteiger partial charge in [-0.05, 0) is 30.9 Å². The summed E-state index contributed by atoms with van der Waals surface area (Å²) in [4.78, 5) is 14.2. The summed E-state index contributed by atoms with van der Waals surface area (Å²) in [5.41, 5.74) is 2.50. The Morgan fingerprint density at radius 1 is 1.29 bits per heavy atom. The van der Waals surface area contributed by atoms with Crippen molar-refractivity contribution in [2.24, 2.45) is 0 Å². The first-order valence-electron chi connectivity index (χ1n) is 5.93. The van der Waals surface area contributed by atoms with Crippen LogP contribution in [0.5, 0.6) is 0 Å². The van der Waals surface area contributed by atoms with Crippen LogP contribution in [0.1, 0.15) is 24.8 Å². The number of aryl methyl sites for hydroxylation is 1. The van der Waals surface area contributed by atoms with Crippen molar-refractivity contribution in [3.8, 4) is 0 Å². The van der Waals surface area contributed by atoms with Crippen LogP contribution in [0.15, 0.2) is 30.5 Å². The van der Waals surface area contributed by atoms with Crippen molar-refractivity contribution >= 4 is 16.9 Å². The molecule has 0 atom stereocenters. The molecule has 2 aromatic rings. The highest BCUT2D eigenvalue weighted by Gasteiger charge is 2.04. The van der Waals surface area contributed by atoms with E-state index in [1.165, 1.54) is 23.6 Å². The predicted octanol–water partition coefficient (Wildman–Crippen LogP) is 3.05. The first kappa shape index (κ1) is 11.7. The summed E-state index contributed by atoms with van der Waals surface area (Å²) in [6.07, 6.45) is 5.46. The Kier molecular flexibility index (Phi) is 3.81. The second-order valence-electron chi connectivity index (χ2n) is 4.14. The smallest absolute Gasteiger partial charge is 0.305 e. The Bertz CT molecular complexity index is 502. The number of methoxy groups -OCH3 is 1. The topological polar surface area (TPSA) is 42.1 Å². The molecule has 0 aliphatic heterocycles. The molecule has 0 saturated carbocycles. The van der Waals surface area contributed by atoms with E-state index in [9.17, 15) is 4.79 Å². The van der Waals surface area contributed by atoms with E-state index in [-0.39, 0.29) is 5.97 Å². The lowest BCUT2D eigenvalue weighted by molar-refractivity contribution is -0.140. The highest BCUT2D eigenvalue weighted by molar-refractivity contribution is 5.83. The average Bonchev–Trinajstić information content (AvgIpc) is 2.78. The number of ether oxygens (including phenoxy) is 1. The number of unbranched alkanes of at least 4 members (excludes halogenated alkanes) is 1. The number of para-hydroxylation sites is 1. The SMILES string of the molecule is COC(=O)CCCCc1c[nH]c2ccccc12. The van der Waals surface area contributed by atoms with Crippen LogP contribution in [-0.4, -0.2) is 18.1 Å². The summed E-state index contributed by atoms with van der Waals surface area (Å²) in [7, 11) is 1.43. The van der Waals surface area contributed by atoms with Crippen LogP contribution in [0.25, 0.3) is 10.9 Å². The van der Waals surface area contributed by atoms with E-state index in [1.54, 1.807) is 0 Å². The van der Waals surface area contributed by atoms with Crippen LogP contribution < -0.4 is 0 Å². The fourth-order valence-electron chi connectivity index (χ4n) is 2.03. The molecule has 0 spiro atoms. The number of hydrogen-bond acceptors (Lipinski definition) is 2. The number of fused-ring (bicyclic) bond motifs is 1. The molecule has 0 fully saturated rings. The molecule has 0 saturated heterocycles. The third-order valence-corrected chi connectivity index (χ3v) is 2.98. The number of benzene rings is 1. The van der Waals surface area contributed by atoms with Gasteiger partial charge in [0.1, 0.15) is 0 Å². The number of aromatic nitrogens is 1. The molecular weight excluding hydrogens is 214 g/mol. The van der Waals surface area contributed by atoms with Gasteiger partial charge in [0.05, 0.1) is 7.11 Å². The van der Waals surface area contributed by atoms with Gasteiger partial charge in [0.2, 0.25) is 0 Å². The largest absolute Gasteiger partial charge is 0.469 e. The summed E-state index contributed by atoms with van der Waals surface area (Å²) in [6, 6.07) is 8.28. The molecule has 0 radical (unpaired) electrons. The summed E-state index contributed by atoms with van der Waals surface area (Å²) in [5, 5.41) is 1.28. The maximum absolute atomic E-state index is 11.0. The van der Waals surface area contributed by atoms with Crippen LogP contribution in [-0.2, 0) is 16.0 Å². The quantitative estimate of drug-likeness (QED) is 0.634. The fraction of sp³-hybridized carbons (Fsp3) is 0.357. The van der Waals surface area contributed by atoms with E-state index in [2.05, 4.69) is 28.1 Å². The van der Waals surface area contributed by atoms with Gasteiger partial charge in [-0.3, -0.25) is 4.79 Å². The second kappa shape index (κ2) is 5.53. The maximum Gasteiger partial charge on any atom is 0.305 e. The number of carbonyl (C=O) groups excluding carboxylic acids is 1. The van der Waals surface area contributed by atoms with E-state index in [0.717, 1.165) is 19.3 Å². The third-order valence-electron chi connectivity index (χ3n) is 2.98. The van der Waals surface area contributed by atoms with Gasteiger partial charge in [0.15, 0.2) is 0 Å². The molecule has 1 N–H and O–H groups in total. The van der Waals surface area contributed by atoms with E-state index < -0.39 is 0 Å². The number of esters is 1. The average molecular weight is 231 g/mol. The lowest BCUT2D eigenvalue weighted by Crippen LogP contribution is -1.99. The van der Waals surface area contributed by atoms with Gasteiger partial charge in [0, 0.05) is 23.5 Å². The van der Waals surface area contributed by atoms with E-state index in [0.29, 0.717) is 6.42 Å². The lowest BCUT2D eigenvalue weighted by Gasteiger charge is -2.00. The van der Waals surface area contributed by atoms with Crippen LogP contribution >= 0.6 is 0 Å². The van der Waals surface area contributed by atoms with Crippen molar-refractivity contribution in [1.82, 2.24) is 4.98 Å². The monoisotopic (exact) mass is 231 g/mol. The van der Waals surface area contributed by atoms with Gasteiger partial charge in [-0.15, -0.1) is 0 Å². The molecule has 1 heterocycles. The summed E-state index contributed by atoms with van der Waals surface area (Å²) < 4.78 is 4.61. The van der Waals surface area contributed by atoms with E-state index >= 15 is 0 Å². The second-order valence-corrected chi connectivity index (χ2v) is 4.14. The molecule has 1 aromatic heterocycles. The molecule has 0 amide bonds. The van der Waals surface area contributed by atoms with Crippen molar-refractivity contribution < 1.29 is 9.53 Å². The molecule has 0 aliphatic rings. The van der Waals surface area contributed by atoms with Crippen LogP contribution in [0.2, 0.25) is 0 Å². The zero-order valence-corrected chi connectivity index (χ0v) is 10.0. The first-order chi connectivity index (χ1) is 8.31. The van der Waals surface area contributed by atoms with Crippen molar-refractivity contribution in [2.45, 2.75) is 25.7 Å². The Morgan fingerprint density at radius 2 is 2.12 bits per heavy atom. The van der Waals surface area contributed by atoms with Crippen molar-refractivity contribution in [3.63, 3.8) is 0 Å². The van der Waals surface area contributed by atoms with Gasteiger partial charge >= 0.3 is 5.97 Å². The third kappa shape index (κ3) is 2.87. The molecule has 1 aromatic carbocycles. The van der Waals surface area contributed by atoms with Crippen molar-refractivity contribution in [1.29, 1.82) is 0 Å². The number of hydrogen-bond donors (Lipinski definition) is 1. The van der Waals surface area contributed by atoms with Crippen LogP contribution in [0, 0.1) is 0 Å². The molecule has 0 unspecified atom stereocenters. The molecule has 3 heteroatoms. The Balaban J connectivity index is 1.89. The van der Waals surface area contributed by atoms with Gasteiger partial charge in [-0.25, -0.2) is 0 Å². The number of H-pyrrole nitrogens is 1. The van der Waals surface area contributed by atoms with Gasteiger partial charge in [-0.2, -0.15) is 0 Å². The molecule has 0 bridgehead atoms. The number of nitrogens with one attached hydrogen (secondary N) is 1. The minimum Gasteiger partial charge on any atom is -0.469 e. The molecule has 2 rings (SSSR count).